The average Bonchev–Trinajstić information content (AvgIpc) is 2.58. The Kier molecular flexibility index (Phi) is 5.51. The highest BCUT2D eigenvalue weighted by Crippen LogP contribution is 2.39. The van der Waals surface area contributed by atoms with Crippen molar-refractivity contribution in [2.75, 3.05) is 24.4 Å². The van der Waals surface area contributed by atoms with E-state index < -0.39 is 0 Å². The minimum absolute atomic E-state index is 0.261. The molecule has 18 heavy (non-hydrogen) atoms. The van der Waals surface area contributed by atoms with Crippen molar-refractivity contribution in [2.24, 2.45) is 11.8 Å². The molecule has 102 valence electrons. The molecule has 0 radical (unpaired) electrons. The van der Waals surface area contributed by atoms with E-state index in [1.807, 2.05) is 0 Å². The van der Waals surface area contributed by atoms with Gasteiger partial charge in [-0.15, -0.1) is 0 Å². The van der Waals surface area contributed by atoms with Crippen LogP contribution in [0.3, 0.4) is 0 Å². The van der Waals surface area contributed by atoms with Gasteiger partial charge in [0.05, 0.1) is 6.61 Å². The smallest absolute Gasteiger partial charge is 0.188 e. The second-order valence-corrected chi connectivity index (χ2v) is 5.64. The largest absolute Gasteiger partial charge is 0.472 e. The maximum Gasteiger partial charge on any atom is 0.188 e. The van der Waals surface area contributed by atoms with Crippen molar-refractivity contribution in [1.82, 2.24) is 0 Å². The highest BCUT2D eigenvalue weighted by atomic mass is 127. The number of allylic oxidation sites excluding steroid dienone is 3. The van der Waals surface area contributed by atoms with Gasteiger partial charge < -0.3 is 14.6 Å². The summed E-state index contributed by atoms with van der Waals surface area (Å²) in [5.41, 5.74) is 2.88. The number of hydrogen-bond acceptors (Lipinski definition) is 3. The fraction of sp³-hybridized carbons (Fsp3) is 0.714. The van der Waals surface area contributed by atoms with Crippen LogP contribution in [0.1, 0.15) is 26.2 Å². The quantitative estimate of drug-likeness (QED) is 0.602. The van der Waals surface area contributed by atoms with Crippen LogP contribution in [0.2, 0.25) is 0 Å². The maximum atomic E-state index is 9.24. The molecule has 3 nitrogen and oxygen atoms in total. The molecule has 0 aromatic heterocycles. The average molecular weight is 364 g/mol. The Bertz CT molecular complexity index is 345. The van der Waals surface area contributed by atoms with Gasteiger partial charge in [0.25, 0.3) is 0 Å². The van der Waals surface area contributed by atoms with Crippen molar-refractivity contribution >= 4 is 22.6 Å². The summed E-state index contributed by atoms with van der Waals surface area (Å²) in [6, 6.07) is 0. The zero-order valence-corrected chi connectivity index (χ0v) is 13.0. The SMILES string of the molecule is CCC(CCO)C1=C(CI)C=C2CC1COCO2. The molecular formula is C14H21IO3. The van der Waals surface area contributed by atoms with Gasteiger partial charge in [-0.3, -0.25) is 0 Å². The van der Waals surface area contributed by atoms with Gasteiger partial charge in [0.2, 0.25) is 0 Å². The van der Waals surface area contributed by atoms with Crippen molar-refractivity contribution in [2.45, 2.75) is 26.2 Å². The summed E-state index contributed by atoms with van der Waals surface area (Å²) in [6.07, 6.45) is 5.08. The number of aliphatic hydroxyl groups excluding tert-OH is 1. The molecule has 2 rings (SSSR count). The van der Waals surface area contributed by atoms with Crippen molar-refractivity contribution in [1.29, 1.82) is 0 Å². The predicted octanol–water partition coefficient (Wildman–Crippen LogP) is 3.03. The molecule has 1 saturated heterocycles. The Morgan fingerprint density at radius 3 is 3.06 bits per heavy atom. The maximum absolute atomic E-state index is 9.24. The fourth-order valence-electron chi connectivity index (χ4n) is 2.96. The zero-order valence-electron chi connectivity index (χ0n) is 10.8. The Balaban J connectivity index is 2.32. The van der Waals surface area contributed by atoms with Crippen LogP contribution in [0.5, 0.6) is 0 Å². The van der Waals surface area contributed by atoms with E-state index in [9.17, 15) is 5.11 Å². The lowest BCUT2D eigenvalue weighted by atomic mass is 9.77. The van der Waals surface area contributed by atoms with E-state index in [-0.39, 0.29) is 6.61 Å². The molecule has 0 saturated carbocycles. The molecule has 1 aliphatic heterocycles. The molecule has 0 aromatic carbocycles. The predicted molar refractivity (Wildman–Crippen MR) is 79.5 cm³/mol. The van der Waals surface area contributed by atoms with Gasteiger partial charge in [-0.2, -0.15) is 0 Å². The highest BCUT2D eigenvalue weighted by molar-refractivity contribution is 14.1. The molecule has 2 bridgehead atoms. The molecule has 2 atom stereocenters. The summed E-state index contributed by atoms with van der Waals surface area (Å²) in [7, 11) is 0. The van der Waals surface area contributed by atoms with E-state index in [1.165, 1.54) is 11.1 Å². The van der Waals surface area contributed by atoms with Gasteiger partial charge in [-0.25, -0.2) is 0 Å². The molecule has 1 aliphatic carbocycles. The first kappa shape index (κ1) is 14.3. The third-order valence-electron chi connectivity index (χ3n) is 3.79. The molecule has 0 amide bonds. The number of fused-ring (bicyclic) bond motifs is 2. The van der Waals surface area contributed by atoms with E-state index >= 15 is 0 Å². The van der Waals surface area contributed by atoms with Crippen LogP contribution >= 0.6 is 22.6 Å². The number of hydrogen-bond donors (Lipinski definition) is 1. The minimum Gasteiger partial charge on any atom is -0.472 e. The molecule has 4 heteroatoms. The lowest BCUT2D eigenvalue weighted by Crippen LogP contribution is -2.22. The van der Waals surface area contributed by atoms with E-state index in [1.54, 1.807) is 0 Å². The molecular weight excluding hydrogens is 343 g/mol. The number of ether oxygens (including phenoxy) is 2. The standard InChI is InChI=1S/C14H21IO3/c1-2-10(3-4-16)14-11(7-15)5-13-6-12(14)8-17-9-18-13/h5,10,12,16H,2-4,6-9H2,1H3. The summed E-state index contributed by atoms with van der Waals surface area (Å²) < 4.78 is 12.1. The lowest BCUT2D eigenvalue weighted by Gasteiger charge is -2.30. The molecule has 2 unspecified atom stereocenters. The number of alkyl halides is 1. The Morgan fingerprint density at radius 1 is 1.56 bits per heavy atom. The van der Waals surface area contributed by atoms with Crippen molar-refractivity contribution < 1.29 is 14.6 Å². The van der Waals surface area contributed by atoms with Gasteiger partial charge in [0.1, 0.15) is 5.76 Å². The van der Waals surface area contributed by atoms with Crippen LogP contribution in [0, 0.1) is 11.8 Å². The molecule has 0 spiro atoms. The minimum atomic E-state index is 0.261. The summed E-state index contributed by atoms with van der Waals surface area (Å²) in [4.78, 5) is 0. The van der Waals surface area contributed by atoms with Gasteiger partial charge in [-0.05, 0) is 30.4 Å². The van der Waals surface area contributed by atoms with E-state index in [4.69, 9.17) is 9.47 Å². The zero-order chi connectivity index (χ0) is 13.0. The van der Waals surface area contributed by atoms with Crippen LogP contribution in [0.4, 0.5) is 0 Å². The molecule has 1 N–H and O–H groups in total. The van der Waals surface area contributed by atoms with Gasteiger partial charge in [0.15, 0.2) is 6.79 Å². The van der Waals surface area contributed by atoms with Crippen LogP contribution in [-0.4, -0.2) is 29.5 Å². The third-order valence-corrected chi connectivity index (χ3v) is 4.62. The van der Waals surface area contributed by atoms with E-state index in [0.29, 0.717) is 18.6 Å². The number of halogens is 1. The summed E-state index contributed by atoms with van der Waals surface area (Å²) >= 11 is 2.41. The molecule has 1 heterocycles. The van der Waals surface area contributed by atoms with Gasteiger partial charge in [0, 0.05) is 23.4 Å². The van der Waals surface area contributed by atoms with Crippen molar-refractivity contribution in [3.63, 3.8) is 0 Å². The number of rotatable bonds is 5. The van der Waals surface area contributed by atoms with Gasteiger partial charge >= 0.3 is 0 Å². The second kappa shape index (κ2) is 6.91. The molecule has 1 fully saturated rings. The van der Waals surface area contributed by atoms with Crippen LogP contribution in [0.25, 0.3) is 0 Å². The normalized spacial score (nSPS) is 25.3. The van der Waals surface area contributed by atoms with Crippen LogP contribution in [0.15, 0.2) is 23.0 Å². The van der Waals surface area contributed by atoms with Crippen molar-refractivity contribution in [3.8, 4) is 0 Å². The van der Waals surface area contributed by atoms with Crippen LogP contribution in [-0.2, 0) is 9.47 Å². The fourth-order valence-corrected chi connectivity index (χ4v) is 3.62. The topological polar surface area (TPSA) is 38.7 Å². The molecule has 0 aromatic rings. The Hall–Kier alpha value is -0.0700. The Labute approximate surface area is 122 Å². The van der Waals surface area contributed by atoms with E-state index in [0.717, 1.165) is 36.1 Å². The monoisotopic (exact) mass is 364 g/mol. The van der Waals surface area contributed by atoms with Crippen molar-refractivity contribution in [3.05, 3.63) is 23.0 Å². The first-order chi connectivity index (χ1) is 8.80. The third kappa shape index (κ3) is 3.08. The van der Waals surface area contributed by atoms with Gasteiger partial charge in [-0.1, -0.05) is 35.1 Å². The Morgan fingerprint density at radius 2 is 2.39 bits per heavy atom. The summed E-state index contributed by atoms with van der Waals surface area (Å²) in [5.74, 6) is 1.98. The first-order valence-corrected chi connectivity index (χ1v) is 8.13. The molecule has 2 aliphatic rings. The second-order valence-electron chi connectivity index (χ2n) is 4.88. The number of aliphatic hydroxyl groups is 1. The summed E-state index contributed by atoms with van der Waals surface area (Å²) in [6.45, 7) is 3.58. The van der Waals surface area contributed by atoms with Crippen LogP contribution < -0.4 is 0 Å². The summed E-state index contributed by atoms with van der Waals surface area (Å²) in [5, 5.41) is 9.24. The lowest BCUT2D eigenvalue weighted by molar-refractivity contribution is -0.0113. The van der Waals surface area contributed by atoms with E-state index in [2.05, 4.69) is 35.6 Å². The highest BCUT2D eigenvalue weighted by Gasteiger charge is 2.30. The first-order valence-electron chi connectivity index (χ1n) is 6.61.